The van der Waals surface area contributed by atoms with Gasteiger partial charge in [0.25, 0.3) is 0 Å². The molecule has 0 aromatic heterocycles. The summed E-state index contributed by atoms with van der Waals surface area (Å²) in [5.41, 5.74) is 8.17. The van der Waals surface area contributed by atoms with Crippen LogP contribution < -0.4 is 0 Å². The van der Waals surface area contributed by atoms with Gasteiger partial charge in [0, 0.05) is 23.1 Å². The molecule has 3 aromatic carbocycles. The Hall–Kier alpha value is -2.78. The second-order valence-electron chi connectivity index (χ2n) is 9.30. The molecule has 3 aromatic rings. The first-order chi connectivity index (χ1) is 14.9. The van der Waals surface area contributed by atoms with Gasteiger partial charge in [-0.15, -0.1) is 0 Å². The maximum Gasteiger partial charge on any atom is 0.0974 e. The first-order valence-electron chi connectivity index (χ1n) is 11.3. The predicted octanol–water partition coefficient (Wildman–Crippen LogP) is 6.57. The number of benzene rings is 3. The molecule has 0 radical (unpaired) electrons. The molecule has 0 unspecified atom stereocenters. The smallest absolute Gasteiger partial charge is 0.0974 e. The molecule has 0 aliphatic heterocycles. The fraction of sp³-hybridized carbons (Fsp3) is 0.357. The van der Waals surface area contributed by atoms with Crippen molar-refractivity contribution in [2.24, 2.45) is 9.98 Å². The summed E-state index contributed by atoms with van der Waals surface area (Å²) in [6, 6.07) is 19.7. The second kappa shape index (κ2) is 8.76. The van der Waals surface area contributed by atoms with E-state index in [-0.39, 0.29) is 0 Å². The Morgan fingerprint density at radius 2 is 1.29 bits per heavy atom. The number of para-hydroxylation sites is 1. The number of rotatable bonds is 6. The number of likely N-dealkylation sites (N-methyl/N-ethyl adjacent to an activating group) is 1. The highest BCUT2D eigenvalue weighted by atomic mass is 15.1. The Morgan fingerprint density at radius 3 is 1.84 bits per heavy atom. The largest absolute Gasteiger partial charge is 0.308 e. The van der Waals surface area contributed by atoms with Gasteiger partial charge in [-0.05, 0) is 42.4 Å². The first kappa shape index (κ1) is 21.5. The van der Waals surface area contributed by atoms with Gasteiger partial charge < -0.3 is 4.90 Å². The highest BCUT2D eigenvalue weighted by Gasteiger charge is 2.27. The summed E-state index contributed by atoms with van der Waals surface area (Å²) in [6.07, 6.45) is 0. The zero-order valence-corrected chi connectivity index (χ0v) is 19.6. The maximum atomic E-state index is 5.39. The van der Waals surface area contributed by atoms with Gasteiger partial charge in [-0.1, -0.05) is 82.3 Å². The lowest BCUT2D eigenvalue weighted by Crippen LogP contribution is -2.18. The van der Waals surface area contributed by atoms with Crippen LogP contribution in [0, 0.1) is 0 Å². The number of nitrogens with zero attached hydrogens (tertiary/aromatic N) is 3. The van der Waals surface area contributed by atoms with Gasteiger partial charge in [0.05, 0.1) is 23.7 Å². The summed E-state index contributed by atoms with van der Waals surface area (Å²) in [4.78, 5) is 12.6. The third kappa shape index (κ3) is 4.07. The minimum Gasteiger partial charge on any atom is -0.308 e. The normalized spacial score (nSPS) is 16.0. The Labute approximate surface area is 186 Å². The molecule has 0 fully saturated rings. The monoisotopic (exact) mass is 411 g/mol. The summed E-state index contributed by atoms with van der Waals surface area (Å²) in [5, 5.41) is 2.53. The van der Waals surface area contributed by atoms with Crippen LogP contribution in [0.2, 0.25) is 0 Å². The van der Waals surface area contributed by atoms with Crippen molar-refractivity contribution in [1.82, 2.24) is 4.90 Å². The van der Waals surface area contributed by atoms with Crippen LogP contribution in [0.15, 0.2) is 64.6 Å². The summed E-state index contributed by atoms with van der Waals surface area (Å²) in [6.45, 7) is 10.7. The summed E-state index contributed by atoms with van der Waals surface area (Å²) >= 11 is 0. The Balaban J connectivity index is 1.97. The molecule has 0 spiro atoms. The third-order valence-corrected chi connectivity index (χ3v) is 6.02. The van der Waals surface area contributed by atoms with E-state index in [0.717, 1.165) is 30.2 Å². The molecular weight excluding hydrogens is 378 g/mol. The van der Waals surface area contributed by atoms with E-state index in [1.807, 2.05) is 0 Å². The average Bonchev–Trinajstić information content (AvgIpc) is 3.03. The molecule has 0 saturated heterocycles. The van der Waals surface area contributed by atoms with Crippen LogP contribution in [-0.2, 0) is 0 Å². The lowest BCUT2D eigenvalue weighted by atomic mass is 9.92. The van der Waals surface area contributed by atoms with Gasteiger partial charge in [-0.2, -0.15) is 0 Å². The molecule has 3 heteroatoms. The van der Waals surface area contributed by atoms with Gasteiger partial charge in [0.15, 0.2) is 0 Å². The second-order valence-corrected chi connectivity index (χ2v) is 9.30. The van der Waals surface area contributed by atoms with Crippen molar-refractivity contribution >= 4 is 27.9 Å². The number of hydrogen-bond acceptors (Lipinski definition) is 3. The van der Waals surface area contributed by atoms with Crippen molar-refractivity contribution in [3.8, 4) is 0 Å². The van der Waals surface area contributed by atoms with E-state index >= 15 is 0 Å². The minimum absolute atomic E-state index is 0.409. The molecular formula is C28H33N3. The van der Waals surface area contributed by atoms with E-state index in [1.165, 1.54) is 33.0 Å². The van der Waals surface area contributed by atoms with Crippen LogP contribution in [0.1, 0.15) is 61.8 Å². The maximum absolute atomic E-state index is 5.39. The molecule has 0 saturated carbocycles. The third-order valence-electron chi connectivity index (χ3n) is 6.02. The van der Waals surface area contributed by atoms with E-state index in [4.69, 9.17) is 9.98 Å². The van der Waals surface area contributed by atoms with Crippen molar-refractivity contribution in [2.45, 2.75) is 39.5 Å². The molecule has 0 heterocycles. The summed E-state index contributed by atoms with van der Waals surface area (Å²) in [5.74, 6) is 0.818. The van der Waals surface area contributed by atoms with Gasteiger partial charge in [-0.25, -0.2) is 4.99 Å². The molecule has 160 valence electrons. The fourth-order valence-corrected chi connectivity index (χ4v) is 4.38. The van der Waals surface area contributed by atoms with Gasteiger partial charge in [0.1, 0.15) is 0 Å². The van der Waals surface area contributed by atoms with Crippen LogP contribution in [0.25, 0.3) is 10.8 Å². The van der Waals surface area contributed by atoms with Crippen LogP contribution in [0.3, 0.4) is 0 Å². The van der Waals surface area contributed by atoms with Crippen LogP contribution in [0.5, 0.6) is 0 Å². The topological polar surface area (TPSA) is 28.0 Å². The molecule has 0 bridgehead atoms. The predicted molar refractivity (Wildman–Crippen MR) is 135 cm³/mol. The number of aliphatic imine (C=N–C) groups is 2. The van der Waals surface area contributed by atoms with Gasteiger partial charge in [0.2, 0.25) is 0 Å². The van der Waals surface area contributed by atoms with Crippen LogP contribution >= 0.6 is 0 Å². The van der Waals surface area contributed by atoms with E-state index in [9.17, 15) is 0 Å². The van der Waals surface area contributed by atoms with E-state index in [2.05, 4.69) is 101 Å². The van der Waals surface area contributed by atoms with Crippen molar-refractivity contribution in [2.75, 3.05) is 27.2 Å². The SMILES string of the molecule is CC(C)c1cccc(C(C)C)c1/N=C1/C(=N/CCN(C)C)c2cccc3cccc1c23. The Kier molecular flexibility index (Phi) is 6.06. The van der Waals surface area contributed by atoms with E-state index < -0.39 is 0 Å². The van der Waals surface area contributed by atoms with Crippen molar-refractivity contribution in [3.63, 3.8) is 0 Å². The lowest BCUT2D eigenvalue weighted by Gasteiger charge is -2.17. The molecule has 31 heavy (non-hydrogen) atoms. The van der Waals surface area contributed by atoms with Crippen molar-refractivity contribution in [3.05, 3.63) is 76.9 Å². The van der Waals surface area contributed by atoms with Crippen LogP contribution in [0.4, 0.5) is 5.69 Å². The van der Waals surface area contributed by atoms with Crippen LogP contribution in [-0.4, -0.2) is 43.5 Å². The van der Waals surface area contributed by atoms with E-state index in [1.54, 1.807) is 0 Å². The molecule has 1 aliphatic carbocycles. The minimum atomic E-state index is 0.409. The molecule has 4 rings (SSSR count). The van der Waals surface area contributed by atoms with E-state index in [0.29, 0.717) is 11.8 Å². The fourth-order valence-electron chi connectivity index (χ4n) is 4.38. The Morgan fingerprint density at radius 1 is 0.742 bits per heavy atom. The van der Waals surface area contributed by atoms with Gasteiger partial charge in [-0.3, -0.25) is 4.99 Å². The molecule has 3 nitrogen and oxygen atoms in total. The highest BCUT2D eigenvalue weighted by molar-refractivity contribution is 6.61. The van der Waals surface area contributed by atoms with Crippen molar-refractivity contribution in [1.29, 1.82) is 0 Å². The number of hydrogen-bond donors (Lipinski definition) is 0. The summed E-state index contributed by atoms with van der Waals surface area (Å²) < 4.78 is 0. The average molecular weight is 412 g/mol. The molecule has 0 N–H and O–H groups in total. The molecule has 1 aliphatic rings. The molecule has 0 atom stereocenters. The quantitative estimate of drug-likeness (QED) is 0.451. The first-order valence-corrected chi connectivity index (χ1v) is 11.3. The lowest BCUT2D eigenvalue weighted by molar-refractivity contribution is 0.420. The molecule has 0 amide bonds. The Bertz CT molecular complexity index is 1130. The summed E-state index contributed by atoms with van der Waals surface area (Å²) in [7, 11) is 4.18. The standard InChI is InChI=1S/C28H33N3/c1-18(2)21-12-9-13-22(19(3)4)26(21)30-28-24-15-8-11-20-10-7-14-23(25(20)24)27(28)29-16-17-31(5)6/h7-15,18-19H,16-17H2,1-6H3/b29-27+,30-28+. The van der Waals surface area contributed by atoms with Gasteiger partial charge >= 0.3 is 0 Å². The highest BCUT2D eigenvalue weighted by Crippen LogP contribution is 2.38. The van der Waals surface area contributed by atoms with Crippen molar-refractivity contribution < 1.29 is 0 Å². The zero-order valence-electron chi connectivity index (χ0n) is 19.6. The zero-order chi connectivity index (χ0) is 22.1.